The van der Waals surface area contributed by atoms with Crippen molar-refractivity contribution in [3.8, 4) is 0 Å². The van der Waals surface area contributed by atoms with Gasteiger partial charge in [0.05, 0.1) is 0 Å². The Morgan fingerprint density at radius 3 is 2.36 bits per heavy atom. The molecule has 1 heterocycles. The van der Waals surface area contributed by atoms with Crippen LogP contribution in [0.4, 0.5) is 10.1 Å². The average molecular weight is 379 g/mol. The van der Waals surface area contributed by atoms with Crippen molar-refractivity contribution in [2.24, 2.45) is 15.7 Å². The van der Waals surface area contributed by atoms with Gasteiger partial charge in [0, 0.05) is 31.0 Å². The van der Waals surface area contributed by atoms with Crippen LogP contribution in [0.5, 0.6) is 0 Å². The molecule has 0 saturated carbocycles. The second kappa shape index (κ2) is 9.28. The van der Waals surface area contributed by atoms with Gasteiger partial charge in [-0.15, -0.1) is 0 Å². The lowest BCUT2D eigenvalue weighted by Gasteiger charge is -2.14. The fourth-order valence-corrected chi connectivity index (χ4v) is 3.22. The Kier molecular flexibility index (Phi) is 6.55. The normalized spacial score (nSPS) is 15.6. The number of nitrogens with two attached hydrogens (primary N) is 1. The molecule has 2 aromatic rings. The number of halogens is 1. The van der Waals surface area contributed by atoms with Crippen LogP contribution in [0, 0.1) is 5.82 Å². The Labute approximate surface area is 165 Å². The third-order valence-electron chi connectivity index (χ3n) is 4.41. The van der Waals surface area contributed by atoms with Crippen LogP contribution < -0.4 is 11.1 Å². The van der Waals surface area contributed by atoms with Crippen molar-refractivity contribution in [3.63, 3.8) is 0 Å². The lowest BCUT2D eigenvalue weighted by Crippen LogP contribution is -2.25. The maximum atomic E-state index is 13.1. The minimum Gasteiger partial charge on any atom is -0.368 e. The summed E-state index contributed by atoms with van der Waals surface area (Å²) in [6.07, 6.45) is 2.70. The molecule has 0 bridgehead atoms. The van der Waals surface area contributed by atoms with Crippen LogP contribution in [0.2, 0.25) is 0 Å². The van der Waals surface area contributed by atoms with E-state index in [1.54, 1.807) is 12.1 Å². The largest absolute Gasteiger partial charge is 0.368 e. The summed E-state index contributed by atoms with van der Waals surface area (Å²) < 4.78 is 13.1. The SMILES string of the molecule is CC/C=C(/N=C(N)\N=C(/C)CN1Cc2ccccc2C1)Nc1ccc(F)cc1. The molecule has 6 heteroatoms. The number of guanidine groups is 1. The molecule has 1 aliphatic rings. The molecule has 5 nitrogen and oxygen atoms in total. The molecule has 3 N–H and O–H groups in total. The third kappa shape index (κ3) is 5.50. The van der Waals surface area contributed by atoms with Gasteiger partial charge in [-0.25, -0.2) is 9.38 Å². The van der Waals surface area contributed by atoms with E-state index in [4.69, 9.17) is 5.73 Å². The molecule has 0 saturated heterocycles. The van der Waals surface area contributed by atoms with Gasteiger partial charge in [-0.2, -0.15) is 4.99 Å². The Morgan fingerprint density at radius 2 is 1.75 bits per heavy atom. The molecule has 28 heavy (non-hydrogen) atoms. The summed E-state index contributed by atoms with van der Waals surface area (Å²) in [5.74, 6) is 0.513. The summed E-state index contributed by atoms with van der Waals surface area (Å²) in [5, 5.41) is 3.14. The highest BCUT2D eigenvalue weighted by Crippen LogP contribution is 2.21. The van der Waals surface area contributed by atoms with Gasteiger partial charge in [0.25, 0.3) is 0 Å². The van der Waals surface area contributed by atoms with E-state index in [1.807, 2.05) is 19.9 Å². The van der Waals surface area contributed by atoms with Crippen molar-refractivity contribution in [2.45, 2.75) is 33.4 Å². The molecule has 0 spiro atoms. The van der Waals surface area contributed by atoms with Crippen LogP contribution >= 0.6 is 0 Å². The monoisotopic (exact) mass is 379 g/mol. The average Bonchev–Trinajstić information content (AvgIpc) is 3.05. The standard InChI is InChI=1S/C22H26FN5/c1-3-6-21(26-20-11-9-19(23)10-12-20)27-22(24)25-16(2)13-28-14-17-7-4-5-8-18(17)15-28/h4-12,26H,3,13-15H2,1-2H3,(H2,24,27)/b21-6+,25-16+. The number of allylic oxidation sites excluding steroid dienone is 1. The van der Waals surface area contributed by atoms with Crippen LogP contribution in [-0.4, -0.2) is 23.1 Å². The molecule has 0 amide bonds. The second-order valence-electron chi connectivity index (χ2n) is 6.86. The summed E-state index contributed by atoms with van der Waals surface area (Å²) in [7, 11) is 0. The Hall–Kier alpha value is -2.99. The Morgan fingerprint density at radius 1 is 1.11 bits per heavy atom. The zero-order valence-corrected chi connectivity index (χ0v) is 16.3. The van der Waals surface area contributed by atoms with E-state index in [9.17, 15) is 4.39 Å². The van der Waals surface area contributed by atoms with Crippen LogP contribution in [0.15, 0.2) is 70.4 Å². The summed E-state index contributed by atoms with van der Waals surface area (Å²) >= 11 is 0. The number of nitrogens with one attached hydrogen (secondary N) is 1. The van der Waals surface area contributed by atoms with Gasteiger partial charge in [0.15, 0.2) is 0 Å². The smallest absolute Gasteiger partial charge is 0.221 e. The second-order valence-corrected chi connectivity index (χ2v) is 6.86. The molecule has 0 atom stereocenters. The summed E-state index contributed by atoms with van der Waals surface area (Å²) in [5.41, 5.74) is 10.4. The minimum atomic E-state index is -0.279. The van der Waals surface area contributed by atoms with Gasteiger partial charge in [0.1, 0.15) is 11.6 Å². The highest BCUT2D eigenvalue weighted by atomic mass is 19.1. The number of hydrogen-bond acceptors (Lipinski definition) is 3. The van der Waals surface area contributed by atoms with Gasteiger partial charge < -0.3 is 11.1 Å². The lowest BCUT2D eigenvalue weighted by atomic mass is 10.1. The van der Waals surface area contributed by atoms with Crippen LogP contribution in [0.3, 0.4) is 0 Å². The quantitative estimate of drug-likeness (QED) is 0.581. The van der Waals surface area contributed by atoms with E-state index in [2.05, 4.69) is 44.5 Å². The number of benzene rings is 2. The van der Waals surface area contributed by atoms with Gasteiger partial charge >= 0.3 is 0 Å². The summed E-state index contributed by atoms with van der Waals surface area (Å²) in [4.78, 5) is 11.2. The fourth-order valence-electron chi connectivity index (χ4n) is 3.22. The first-order chi connectivity index (χ1) is 13.5. The molecule has 146 valence electrons. The van der Waals surface area contributed by atoms with E-state index in [1.165, 1.54) is 23.3 Å². The molecule has 0 aromatic heterocycles. The number of rotatable bonds is 6. The van der Waals surface area contributed by atoms with Crippen LogP contribution in [-0.2, 0) is 13.1 Å². The molecular formula is C22H26FN5. The predicted molar refractivity (Wildman–Crippen MR) is 114 cm³/mol. The van der Waals surface area contributed by atoms with Crippen molar-refractivity contribution < 1.29 is 4.39 Å². The van der Waals surface area contributed by atoms with E-state index in [0.29, 0.717) is 5.82 Å². The van der Waals surface area contributed by atoms with Gasteiger partial charge in [0.2, 0.25) is 5.96 Å². The summed E-state index contributed by atoms with van der Waals surface area (Å²) in [6, 6.07) is 14.6. The van der Waals surface area contributed by atoms with Crippen molar-refractivity contribution in [2.75, 3.05) is 11.9 Å². The maximum absolute atomic E-state index is 13.1. The van der Waals surface area contributed by atoms with Gasteiger partial charge in [-0.3, -0.25) is 4.90 Å². The lowest BCUT2D eigenvalue weighted by molar-refractivity contribution is 0.326. The first-order valence-corrected chi connectivity index (χ1v) is 9.43. The molecule has 1 aliphatic heterocycles. The first kappa shape index (κ1) is 19.8. The Bertz CT molecular complexity index is 874. The number of aliphatic imine (C=N–C) groups is 2. The predicted octanol–water partition coefficient (Wildman–Crippen LogP) is 4.28. The maximum Gasteiger partial charge on any atom is 0.221 e. The van der Waals surface area contributed by atoms with Gasteiger partial charge in [-0.05, 0) is 54.8 Å². The van der Waals surface area contributed by atoms with E-state index in [0.717, 1.165) is 37.5 Å². The molecule has 0 radical (unpaired) electrons. The highest BCUT2D eigenvalue weighted by Gasteiger charge is 2.18. The molecule has 0 aliphatic carbocycles. The third-order valence-corrected chi connectivity index (χ3v) is 4.41. The van der Waals surface area contributed by atoms with Crippen molar-refractivity contribution in [1.82, 2.24) is 4.90 Å². The van der Waals surface area contributed by atoms with E-state index < -0.39 is 0 Å². The van der Waals surface area contributed by atoms with E-state index >= 15 is 0 Å². The molecule has 2 aromatic carbocycles. The summed E-state index contributed by atoms with van der Waals surface area (Å²) in [6.45, 7) is 6.56. The van der Waals surface area contributed by atoms with Gasteiger partial charge in [-0.1, -0.05) is 31.2 Å². The van der Waals surface area contributed by atoms with Crippen molar-refractivity contribution in [1.29, 1.82) is 0 Å². The topological polar surface area (TPSA) is 66.0 Å². The zero-order valence-electron chi connectivity index (χ0n) is 16.3. The number of anilines is 1. The number of fused-ring (bicyclic) bond motifs is 1. The fraction of sp³-hybridized carbons (Fsp3) is 0.273. The van der Waals surface area contributed by atoms with E-state index in [-0.39, 0.29) is 11.8 Å². The Balaban J connectivity index is 1.63. The zero-order chi connectivity index (χ0) is 19.9. The van der Waals surface area contributed by atoms with Crippen LogP contribution in [0.25, 0.3) is 0 Å². The van der Waals surface area contributed by atoms with Crippen LogP contribution in [0.1, 0.15) is 31.4 Å². The molecule has 3 rings (SSSR count). The molecule has 0 fully saturated rings. The number of hydrogen-bond donors (Lipinski definition) is 2. The van der Waals surface area contributed by atoms with Crippen molar-refractivity contribution in [3.05, 3.63) is 77.4 Å². The first-order valence-electron chi connectivity index (χ1n) is 9.43. The molecule has 0 unspecified atom stereocenters. The minimum absolute atomic E-state index is 0.198. The highest BCUT2D eigenvalue weighted by molar-refractivity contribution is 5.96. The van der Waals surface area contributed by atoms with Crippen molar-refractivity contribution >= 4 is 17.4 Å². The molecular weight excluding hydrogens is 353 g/mol. The number of nitrogens with zero attached hydrogens (tertiary/aromatic N) is 3.